The molecule has 0 saturated carbocycles. The molecule has 5 rings (SSSR count). The van der Waals surface area contributed by atoms with Crippen molar-refractivity contribution in [1.82, 2.24) is 10.2 Å². The van der Waals surface area contributed by atoms with Crippen LogP contribution < -0.4 is 5.32 Å². The fraction of sp³-hybridized carbons (Fsp3) is 0.200. The largest absolute Gasteiger partial charge is 0.459 e. The molecule has 3 aromatic carbocycles. The maximum atomic E-state index is 13.1. The van der Waals surface area contributed by atoms with Gasteiger partial charge in [0.05, 0.1) is 16.7 Å². The number of esters is 3. The van der Waals surface area contributed by atoms with Crippen LogP contribution in [0.5, 0.6) is 0 Å². The Hall–Kier alpha value is -4.96. The minimum atomic E-state index is -1.26. The van der Waals surface area contributed by atoms with Gasteiger partial charge in [-0.15, -0.1) is 0 Å². The summed E-state index contributed by atoms with van der Waals surface area (Å²) < 4.78 is 23.3. The lowest BCUT2D eigenvalue weighted by molar-refractivity contribution is -0.0730. The van der Waals surface area contributed by atoms with Crippen molar-refractivity contribution in [2.24, 2.45) is 0 Å². The molecule has 204 valence electrons. The molecule has 0 bridgehead atoms. The highest BCUT2D eigenvalue weighted by Crippen LogP contribution is 2.32. The summed E-state index contributed by atoms with van der Waals surface area (Å²) >= 11 is 0. The van der Waals surface area contributed by atoms with Crippen LogP contribution in [0, 0.1) is 0 Å². The Balaban J connectivity index is 1.45. The fourth-order valence-corrected chi connectivity index (χ4v) is 4.35. The zero-order valence-electron chi connectivity index (χ0n) is 21.3. The molecule has 2 amide bonds. The van der Waals surface area contributed by atoms with Crippen LogP contribution in [0.4, 0.5) is 4.79 Å². The number of hydrogen-bond acceptors (Lipinski definition) is 8. The first-order valence-electron chi connectivity index (χ1n) is 12.6. The van der Waals surface area contributed by atoms with E-state index in [1.54, 1.807) is 97.1 Å². The Morgan fingerprint density at radius 2 is 1.25 bits per heavy atom. The number of urea groups is 1. The molecule has 40 heavy (non-hydrogen) atoms. The number of carbonyl (C=O) groups is 4. The van der Waals surface area contributed by atoms with Crippen molar-refractivity contribution < 1.29 is 38.1 Å². The van der Waals surface area contributed by atoms with Crippen LogP contribution in [0.1, 0.15) is 31.1 Å². The molecule has 0 aliphatic carbocycles. The van der Waals surface area contributed by atoms with Crippen molar-refractivity contribution in [1.29, 1.82) is 0 Å². The number of nitrogens with zero attached hydrogens (tertiary/aromatic N) is 1. The lowest BCUT2D eigenvalue weighted by atomic mass is 10.1. The standard InChI is InChI=1S/C30H26N2O8/c33-27(20-11-4-1-5-12-20)37-19-23-24(39-28(34)21-13-6-2-7-14-21)25(40-29(35)22-15-8-3-9-16-22)26(38-23)32-18-10-17-31-30(32)36/h1-16,18,23-26H,17,19H2,(H,31,36)/t23-,24+,25?,26-/m1/s1. The van der Waals surface area contributed by atoms with E-state index in [0.29, 0.717) is 12.1 Å². The number of carbonyl (C=O) groups excluding carboxylic acids is 4. The molecule has 1 saturated heterocycles. The van der Waals surface area contributed by atoms with E-state index in [2.05, 4.69) is 5.32 Å². The van der Waals surface area contributed by atoms with Gasteiger partial charge < -0.3 is 24.3 Å². The second-order valence-corrected chi connectivity index (χ2v) is 8.98. The topological polar surface area (TPSA) is 120 Å². The summed E-state index contributed by atoms with van der Waals surface area (Å²) in [5.41, 5.74) is 0.835. The van der Waals surface area contributed by atoms with E-state index in [0.717, 1.165) is 0 Å². The van der Waals surface area contributed by atoms with Crippen molar-refractivity contribution in [3.63, 3.8) is 0 Å². The quantitative estimate of drug-likeness (QED) is 0.339. The molecule has 10 heteroatoms. The van der Waals surface area contributed by atoms with Gasteiger partial charge in [-0.3, -0.25) is 4.90 Å². The van der Waals surface area contributed by atoms with Crippen LogP contribution in [-0.4, -0.2) is 66.5 Å². The average Bonchev–Trinajstić information content (AvgIpc) is 3.33. The van der Waals surface area contributed by atoms with E-state index in [9.17, 15) is 19.2 Å². The second kappa shape index (κ2) is 12.3. The predicted octanol–water partition coefficient (Wildman–Crippen LogP) is 3.56. The van der Waals surface area contributed by atoms with Gasteiger partial charge in [-0.05, 0) is 42.5 Å². The molecule has 2 aliphatic rings. The molecule has 1 fully saturated rings. The van der Waals surface area contributed by atoms with E-state index >= 15 is 0 Å². The highest BCUT2D eigenvalue weighted by Gasteiger charge is 2.53. The van der Waals surface area contributed by atoms with Crippen LogP contribution >= 0.6 is 0 Å². The van der Waals surface area contributed by atoms with Gasteiger partial charge in [-0.1, -0.05) is 54.6 Å². The van der Waals surface area contributed by atoms with Crippen molar-refractivity contribution in [3.8, 4) is 0 Å². The Kier molecular flexibility index (Phi) is 8.17. The van der Waals surface area contributed by atoms with E-state index in [4.69, 9.17) is 18.9 Å². The van der Waals surface area contributed by atoms with Gasteiger partial charge in [-0.2, -0.15) is 0 Å². The van der Waals surface area contributed by atoms with Crippen molar-refractivity contribution in [3.05, 3.63) is 120 Å². The van der Waals surface area contributed by atoms with Gasteiger partial charge in [0.1, 0.15) is 12.7 Å². The summed E-state index contributed by atoms with van der Waals surface area (Å²) in [6, 6.07) is 24.4. The molecule has 2 heterocycles. The van der Waals surface area contributed by atoms with E-state index in [1.807, 2.05) is 0 Å². The Morgan fingerprint density at radius 1 is 0.750 bits per heavy atom. The lowest BCUT2D eigenvalue weighted by Gasteiger charge is -2.31. The Bertz CT molecular complexity index is 1380. The molecule has 2 aliphatic heterocycles. The minimum Gasteiger partial charge on any atom is -0.459 e. The second-order valence-electron chi connectivity index (χ2n) is 8.98. The highest BCUT2D eigenvalue weighted by molar-refractivity contribution is 5.91. The van der Waals surface area contributed by atoms with Crippen LogP contribution in [0.3, 0.4) is 0 Å². The number of amides is 2. The molecule has 4 atom stereocenters. The van der Waals surface area contributed by atoms with Gasteiger partial charge in [0, 0.05) is 12.7 Å². The molecular weight excluding hydrogens is 516 g/mol. The van der Waals surface area contributed by atoms with Crippen molar-refractivity contribution in [2.45, 2.75) is 24.5 Å². The summed E-state index contributed by atoms with van der Waals surface area (Å²) in [6.07, 6.45) is -1.54. The van der Waals surface area contributed by atoms with Gasteiger partial charge >= 0.3 is 23.9 Å². The zero-order chi connectivity index (χ0) is 27.9. The zero-order valence-corrected chi connectivity index (χ0v) is 21.3. The van der Waals surface area contributed by atoms with Gasteiger partial charge in [0.25, 0.3) is 0 Å². The van der Waals surface area contributed by atoms with Crippen LogP contribution in [0.15, 0.2) is 103 Å². The molecule has 0 radical (unpaired) electrons. The maximum Gasteiger partial charge on any atom is 0.338 e. The molecule has 10 nitrogen and oxygen atoms in total. The van der Waals surface area contributed by atoms with Crippen molar-refractivity contribution in [2.75, 3.05) is 13.2 Å². The Morgan fingerprint density at radius 3 is 1.77 bits per heavy atom. The third-order valence-electron chi connectivity index (χ3n) is 6.32. The first-order valence-corrected chi connectivity index (χ1v) is 12.6. The first-order chi connectivity index (χ1) is 19.5. The number of rotatable bonds is 8. The number of ether oxygens (including phenoxy) is 4. The third-order valence-corrected chi connectivity index (χ3v) is 6.32. The molecule has 1 N–H and O–H groups in total. The monoisotopic (exact) mass is 542 g/mol. The lowest BCUT2D eigenvalue weighted by Crippen LogP contribution is -2.52. The number of nitrogens with one attached hydrogen (secondary N) is 1. The summed E-state index contributed by atoms with van der Waals surface area (Å²) in [4.78, 5) is 52.9. The molecule has 0 spiro atoms. The van der Waals surface area contributed by atoms with Crippen LogP contribution in [-0.2, 0) is 18.9 Å². The Labute approximate surface area is 230 Å². The molecular formula is C30H26N2O8. The first kappa shape index (κ1) is 26.6. The summed E-state index contributed by atoms with van der Waals surface area (Å²) in [7, 11) is 0. The summed E-state index contributed by atoms with van der Waals surface area (Å²) in [6.45, 7) is -0.0312. The van der Waals surface area contributed by atoms with Crippen molar-refractivity contribution >= 4 is 23.9 Å². The number of hydrogen-bond donors (Lipinski definition) is 1. The van der Waals surface area contributed by atoms with E-state index in [1.165, 1.54) is 11.1 Å². The highest BCUT2D eigenvalue weighted by atomic mass is 16.7. The van der Waals surface area contributed by atoms with Gasteiger partial charge in [0.2, 0.25) is 0 Å². The minimum absolute atomic E-state index is 0.256. The predicted molar refractivity (Wildman–Crippen MR) is 141 cm³/mol. The smallest absolute Gasteiger partial charge is 0.338 e. The maximum absolute atomic E-state index is 13.1. The summed E-state index contributed by atoms with van der Waals surface area (Å²) in [5.74, 6) is -2.02. The molecule has 3 aromatic rings. The average molecular weight is 543 g/mol. The normalized spacial score (nSPS) is 21.8. The van der Waals surface area contributed by atoms with Crippen LogP contribution in [0.25, 0.3) is 0 Å². The third kappa shape index (κ3) is 6.02. The van der Waals surface area contributed by atoms with Crippen LogP contribution in [0.2, 0.25) is 0 Å². The number of benzene rings is 3. The molecule has 0 aromatic heterocycles. The molecule has 1 unspecified atom stereocenters. The van der Waals surface area contributed by atoms with Gasteiger partial charge in [0.15, 0.2) is 18.4 Å². The van der Waals surface area contributed by atoms with E-state index < -0.39 is 48.5 Å². The van der Waals surface area contributed by atoms with E-state index in [-0.39, 0.29) is 17.7 Å². The summed E-state index contributed by atoms with van der Waals surface area (Å²) in [5, 5.41) is 2.67. The fourth-order valence-electron chi connectivity index (χ4n) is 4.35. The van der Waals surface area contributed by atoms with Gasteiger partial charge in [-0.25, -0.2) is 19.2 Å². The SMILES string of the molecule is O=C(OC[C@H]1O[C@@H](N2C=CCNC2=O)C(OC(=O)c2ccccc2)[C@H]1OC(=O)c1ccccc1)c1ccccc1.